The van der Waals surface area contributed by atoms with E-state index in [4.69, 9.17) is 14.0 Å². The second-order valence-electron chi connectivity index (χ2n) is 8.62. The average molecular weight is 353 g/mol. The van der Waals surface area contributed by atoms with E-state index in [1.807, 2.05) is 27.7 Å². The Morgan fingerprint density at radius 2 is 1.68 bits per heavy atom. The van der Waals surface area contributed by atoms with E-state index < -0.39 is 48.1 Å². The summed E-state index contributed by atoms with van der Waals surface area (Å²) in [5.41, 5.74) is -1.48. The molecule has 140 valence electrons. The van der Waals surface area contributed by atoms with Crippen LogP contribution in [0.1, 0.15) is 55.4 Å². The van der Waals surface area contributed by atoms with Crippen LogP contribution in [0.4, 0.5) is 4.79 Å². The van der Waals surface area contributed by atoms with Crippen molar-refractivity contribution in [2.45, 2.75) is 84.3 Å². The molecule has 0 aromatic rings. The molecule has 0 aliphatic carbocycles. The molecule has 7 nitrogen and oxygen atoms in total. The van der Waals surface area contributed by atoms with Crippen LogP contribution >= 0.6 is 0 Å². The normalized spacial score (nSPS) is 28.1. The molecule has 0 spiro atoms. The zero-order valence-electron chi connectivity index (χ0n) is 16.2. The molecular formula is C17H28BNO6. The summed E-state index contributed by atoms with van der Waals surface area (Å²) in [4.78, 5) is 25.7. The molecule has 8 heteroatoms. The Balaban J connectivity index is 2.30. The van der Waals surface area contributed by atoms with E-state index in [2.05, 4.69) is 0 Å². The van der Waals surface area contributed by atoms with E-state index in [1.54, 1.807) is 33.8 Å². The van der Waals surface area contributed by atoms with Crippen molar-refractivity contribution in [1.29, 1.82) is 0 Å². The lowest BCUT2D eigenvalue weighted by atomic mass is 9.74. The van der Waals surface area contributed by atoms with Crippen LogP contribution in [0, 0.1) is 0 Å². The van der Waals surface area contributed by atoms with Crippen molar-refractivity contribution in [1.82, 2.24) is 4.90 Å². The number of carbonyl (C=O) groups excluding carboxylic acids is 1. The smallest absolute Gasteiger partial charge is 0.479 e. The molecule has 1 amide bonds. The molecule has 25 heavy (non-hydrogen) atoms. The van der Waals surface area contributed by atoms with Gasteiger partial charge in [-0.05, 0) is 60.9 Å². The van der Waals surface area contributed by atoms with Crippen molar-refractivity contribution in [3.8, 4) is 0 Å². The number of hydrogen-bond donors (Lipinski definition) is 1. The summed E-state index contributed by atoms with van der Waals surface area (Å²) in [7, 11) is -0.819. The van der Waals surface area contributed by atoms with Crippen molar-refractivity contribution in [2.75, 3.05) is 0 Å². The molecule has 2 aliphatic rings. The molecule has 2 rings (SSSR count). The van der Waals surface area contributed by atoms with E-state index in [0.29, 0.717) is 5.47 Å². The lowest BCUT2D eigenvalue weighted by molar-refractivity contribution is -0.141. The number of hydrogen-bond acceptors (Lipinski definition) is 5. The molecule has 1 N–H and O–H groups in total. The van der Waals surface area contributed by atoms with Gasteiger partial charge in [0.05, 0.1) is 17.2 Å². The second-order valence-corrected chi connectivity index (χ2v) is 8.62. The minimum atomic E-state index is -1.18. The van der Waals surface area contributed by atoms with Gasteiger partial charge in [0.25, 0.3) is 0 Å². The molecule has 2 unspecified atom stereocenters. The van der Waals surface area contributed by atoms with Crippen LogP contribution in [-0.4, -0.2) is 58.1 Å². The van der Waals surface area contributed by atoms with Crippen LogP contribution in [0.5, 0.6) is 0 Å². The zero-order valence-corrected chi connectivity index (χ0v) is 16.2. The topological polar surface area (TPSA) is 85.3 Å². The monoisotopic (exact) mass is 353 g/mol. The molecule has 0 bridgehead atoms. The first-order valence-electron chi connectivity index (χ1n) is 8.48. The highest BCUT2D eigenvalue weighted by molar-refractivity contribution is 6.56. The summed E-state index contributed by atoms with van der Waals surface area (Å²) in [6.45, 7) is 14.6. The third-order valence-electron chi connectivity index (χ3n) is 4.83. The minimum Gasteiger partial charge on any atom is -0.479 e. The van der Waals surface area contributed by atoms with E-state index in [1.165, 1.54) is 4.90 Å². The molecule has 2 aliphatic heterocycles. The molecule has 0 radical (unpaired) electrons. The van der Waals surface area contributed by atoms with Gasteiger partial charge in [0.15, 0.2) is 6.04 Å². The van der Waals surface area contributed by atoms with Crippen molar-refractivity contribution in [2.24, 2.45) is 0 Å². The summed E-state index contributed by atoms with van der Waals surface area (Å²) in [6.07, 6.45) is 1.04. The molecule has 1 saturated heterocycles. The van der Waals surface area contributed by atoms with Crippen molar-refractivity contribution in [3.05, 3.63) is 11.5 Å². The Morgan fingerprint density at radius 3 is 2.08 bits per heavy atom. The Hall–Kier alpha value is -1.54. The maximum absolute atomic E-state index is 12.5. The minimum absolute atomic E-state index is 0.421. The number of carboxylic acids is 1. The van der Waals surface area contributed by atoms with Gasteiger partial charge in [0.2, 0.25) is 0 Å². The first-order chi connectivity index (χ1) is 11.2. The largest absolute Gasteiger partial charge is 0.493 e. The van der Waals surface area contributed by atoms with Gasteiger partial charge in [0, 0.05) is 0 Å². The van der Waals surface area contributed by atoms with Gasteiger partial charge in [-0.25, -0.2) is 9.59 Å². The quantitative estimate of drug-likeness (QED) is 0.768. The fraction of sp³-hybridized carbons (Fsp3) is 0.765. The number of carbonyl (C=O) groups is 2. The maximum Gasteiger partial charge on any atom is 0.493 e. The highest BCUT2D eigenvalue weighted by atomic mass is 16.7. The standard InChI is InChI=1S/C17H28BNO6/c1-10-9-11(18-24-16(5,6)17(7,8)25-18)12(13(20)21)19(10)14(22)23-15(2,3)4/h9-10,12H,1-8H3,(H,20,21). The Morgan fingerprint density at radius 1 is 1.20 bits per heavy atom. The van der Waals surface area contributed by atoms with E-state index in [0.717, 1.165) is 0 Å². The lowest BCUT2D eigenvalue weighted by Gasteiger charge is -2.32. The number of nitrogens with zero attached hydrogens (tertiary/aromatic N) is 1. The number of aliphatic carboxylic acids is 1. The summed E-state index contributed by atoms with van der Waals surface area (Å²) >= 11 is 0. The van der Waals surface area contributed by atoms with Gasteiger partial charge in [-0.3, -0.25) is 4.90 Å². The van der Waals surface area contributed by atoms with Crippen LogP contribution < -0.4 is 0 Å². The van der Waals surface area contributed by atoms with Crippen LogP contribution in [0.25, 0.3) is 0 Å². The van der Waals surface area contributed by atoms with Crippen molar-refractivity contribution < 1.29 is 28.7 Å². The fourth-order valence-corrected chi connectivity index (χ4v) is 2.88. The predicted molar refractivity (Wildman–Crippen MR) is 93.1 cm³/mol. The lowest BCUT2D eigenvalue weighted by Crippen LogP contribution is -2.49. The third-order valence-corrected chi connectivity index (χ3v) is 4.83. The van der Waals surface area contributed by atoms with Gasteiger partial charge in [-0.1, -0.05) is 6.08 Å². The second kappa shape index (κ2) is 6.02. The van der Waals surface area contributed by atoms with Crippen LogP contribution in [0.3, 0.4) is 0 Å². The van der Waals surface area contributed by atoms with Crippen molar-refractivity contribution >= 4 is 19.2 Å². The number of rotatable bonds is 2. The highest BCUT2D eigenvalue weighted by Crippen LogP contribution is 2.41. The SMILES string of the molecule is CC1C=C(B2OC(C)(C)C(C)(C)O2)C(C(=O)O)N1C(=O)OC(C)(C)C. The number of amides is 1. The zero-order chi connectivity index (χ0) is 19.4. The fourth-order valence-electron chi connectivity index (χ4n) is 2.88. The summed E-state index contributed by atoms with van der Waals surface area (Å²) in [6, 6.07) is -1.62. The van der Waals surface area contributed by atoms with Gasteiger partial charge >= 0.3 is 19.2 Å². The van der Waals surface area contributed by atoms with Crippen molar-refractivity contribution in [3.63, 3.8) is 0 Å². The maximum atomic E-state index is 12.5. The van der Waals surface area contributed by atoms with E-state index >= 15 is 0 Å². The molecule has 1 fully saturated rings. The number of ether oxygens (including phenoxy) is 1. The molecule has 0 aromatic heterocycles. The third kappa shape index (κ3) is 3.69. The molecule has 0 aromatic carbocycles. The van der Waals surface area contributed by atoms with Crippen LogP contribution in [0.2, 0.25) is 0 Å². The molecule has 0 saturated carbocycles. The van der Waals surface area contributed by atoms with Gasteiger partial charge in [-0.15, -0.1) is 0 Å². The van der Waals surface area contributed by atoms with Gasteiger partial charge in [0.1, 0.15) is 5.60 Å². The Kier molecular flexibility index (Phi) is 4.76. The molecule has 2 heterocycles. The number of carboxylic acid groups (broad SMARTS) is 1. The molecule has 2 atom stereocenters. The first-order valence-corrected chi connectivity index (χ1v) is 8.48. The Labute approximate surface area is 149 Å². The summed E-state index contributed by atoms with van der Waals surface area (Å²) < 4.78 is 17.3. The Bertz CT molecular complexity index is 591. The predicted octanol–water partition coefficient (Wildman–Crippen LogP) is 2.64. The average Bonchev–Trinajstić information content (AvgIpc) is 2.82. The molecular weight excluding hydrogens is 325 g/mol. The van der Waals surface area contributed by atoms with Gasteiger partial charge in [-0.2, -0.15) is 0 Å². The summed E-state index contributed by atoms with van der Waals surface area (Å²) in [5.74, 6) is -1.14. The highest BCUT2D eigenvalue weighted by Gasteiger charge is 2.57. The van der Waals surface area contributed by atoms with E-state index in [-0.39, 0.29) is 0 Å². The van der Waals surface area contributed by atoms with Crippen LogP contribution in [-0.2, 0) is 18.8 Å². The first kappa shape index (κ1) is 19.8. The van der Waals surface area contributed by atoms with Crippen LogP contribution in [0.15, 0.2) is 11.5 Å². The summed E-state index contributed by atoms with van der Waals surface area (Å²) in [5, 5.41) is 9.74. The van der Waals surface area contributed by atoms with Gasteiger partial charge < -0.3 is 19.2 Å². The van der Waals surface area contributed by atoms with E-state index in [9.17, 15) is 14.7 Å².